The van der Waals surface area contributed by atoms with Gasteiger partial charge in [-0.2, -0.15) is 0 Å². The molecule has 134 valence electrons. The number of hydrogen-bond acceptors (Lipinski definition) is 3. The Bertz CT molecular complexity index is 1170. The van der Waals surface area contributed by atoms with Gasteiger partial charge in [-0.3, -0.25) is 25.4 Å². The van der Waals surface area contributed by atoms with Crippen LogP contribution in [0.2, 0.25) is 5.02 Å². The van der Waals surface area contributed by atoms with Crippen LogP contribution in [-0.4, -0.2) is 21.8 Å². The number of fused-ring (bicyclic) bond motifs is 2. The third-order valence-electron chi connectivity index (χ3n) is 4.26. The highest BCUT2D eigenvalue weighted by Crippen LogP contribution is 2.22. The predicted molar refractivity (Wildman–Crippen MR) is 104 cm³/mol. The highest BCUT2D eigenvalue weighted by Gasteiger charge is 2.14. The largest absolute Gasteiger partial charge is 0.361 e. The molecular formula is C20H15ClN4O2. The van der Waals surface area contributed by atoms with Crippen molar-refractivity contribution >= 4 is 45.2 Å². The van der Waals surface area contributed by atoms with Crippen LogP contribution in [0.25, 0.3) is 21.8 Å². The SMILES string of the molecule is O=C(Cc1c[nH]c2ccccc12)NNC(=O)c1cc(Cl)cc2cccnc12. The first kappa shape index (κ1) is 17.1. The van der Waals surface area contributed by atoms with Crippen LogP contribution in [0.4, 0.5) is 0 Å². The number of nitrogens with zero attached hydrogens (tertiary/aromatic N) is 1. The predicted octanol–water partition coefficient (Wildman–Crippen LogP) is 3.37. The molecule has 0 radical (unpaired) electrons. The second-order valence-electron chi connectivity index (χ2n) is 6.07. The Labute approximate surface area is 159 Å². The maximum Gasteiger partial charge on any atom is 0.271 e. The summed E-state index contributed by atoms with van der Waals surface area (Å²) in [6.45, 7) is 0. The van der Waals surface area contributed by atoms with Crippen LogP contribution in [0, 0.1) is 0 Å². The molecular weight excluding hydrogens is 364 g/mol. The fourth-order valence-corrected chi connectivity index (χ4v) is 3.24. The number of hydrazine groups is 1. The number of carbonyl (C=O) groups excluding carboxylic acids is 2. The Hall–Kier alpha value is -3.38. The number of nitrogens with one attached hydrogen (secondary N) is 3. The third-order valence-corrected chi connectivity index (χ3v) is 4.47. The first-order valence-electron chi connectivity index (χ1n) is 8.30. The topological polar surface area (TPSA) is 86.9 Å². The van der Waals surface area contributed by atoms with E-state index in [4.69, 9.17) is 11.6 Å². The van der Waals surface area contributed by atoms with Gasteiger partial charge in [0.1, 0.15) is 0 Å². The average Bonchev–Trinajstić information content (AvgIpc) is 3.08. The van der Waals surface area contributed by atoms with Gasteiger partial charge in [-0.05, 0) is 29.8 Å². The third kappa shape index (κ3) is 3.47. The summed E-state index contributed by atoms with van der Waals surface area (Å²) < 4.78 is 0. The van der Waals surface area contributed by atoms with Crippen molar-refractivity contribution in [3.05, 3.63) is 77.1 Å². The highest BCUT2D eigenvalue weighted by molar-refractivity contribution is 6.32. The van der Waals surface area contributed by atoms with Crippen molar-refractivity contribution in [2.75, 3.05) is 0 Å². The molecule has 0 saturated carbocycles. The maximum atomic E-state index is 12.5. The molecule has 4 rings (SSSR count). The minimum Gasteiger partial charge on any atom is -0.361 e. The summed E-state index contributed by atoms with van der Waals surface area (Å²) in [6, 6.07) is 14.6. The van der Waals surface area contributed by atoms with E-state index in [9.17, 15) is 9.59 Å². The summed E-state index contributed by atoms with van der Waals surface area (Å²) in [4.78, 5) is 32.1. The van der Waals surface area contributed by atoms with Crippen LogP contribution in [0.3, 0.4) is 0 Å². The van der Waals surface area contributed by atoms with E-state index in [-0.39, 0.29) is 12.3 Å². The smallest absolute Gasteiger partial charge is 0.271 e. The van der Waals surface area contributed by atoms with Crippen molar-refractivity contribution in [1.29, 1.82) is 0 Å². The number of amides is 2. The lowest BCUT2D eigenvalue weighted by molar-refractivity contribution is -0.121. The number of rotatable bonds is 3. The second-order valence-corrected chi connectivity index (χ2v) is 6.50. The first-order chi connectivity index (χ1) is 13.1. The Morgan fingerprint density at radius 3 is 2.81 bits per heavy atom. The number of halogens is 1. The summed E-state index contributed by atoms with van der Waals surface area (Å²) in [5.74, 6) is -0.805. The average molecular weight is 379 g/mol. The van der Waals surface area contributed by atoms with Gasteiger partial charge in [0.05, 0.1) is 17.5 Å². The molecule has 0 atom stereocenters. The molecule has 4 aromatic rings. The molecule has 2 aromatic heterocycles. The molecule has 2 heterocycles. The van der Waals surface area contributed by atoms with Gasteiger partial charge in [0, 0.05) is 33.7 Å². The van der Waals surface area contributed by atoms with E-state index in [2.05, 4.69) is 20.8 Å². The molecule has 3 N–H and O–H groups in total. The van der Waals surface area contributed by atoms with Crippen LogP contribution in [0.1, 0.15) is 15.9 Å². The van der Waals surface area contributed by atoms with Crippen LogP contribution in [0.15, 0.2) is 60.9 Å². The molecule has 0 unspecified atom stereocenters. The minimum atomic E-state index is -0.478. The molecule has 27 heavy (non-hydrogen) atoms. The first-order valence-corrected chi connectivity index (χ1v) is 8.68. The molecule has 0 bridgehead atoms. The molecule has 2 amide bonds. The Morgan fingerprint density at radius 2 is 1.93 bits per heavy atom. The van der Waals surface area contributed by atoms with Crippen LogP contribution >= 0.6 is 11.6 Å². The second kappa shape index (κ2) is 7.09. The number of carbonyl (C=O) groups is 2. The van der Waals surface area contributed by atoms with Gasteiger partial charge in [-0.15, -0.1) is 0 Å². The van der Waals surface area contributed by atoms with Crippen LogP contribution < -0.4 is 10.9 Å². The number of hydrogen-bond donors (Lipinski definition) is 3. The van der Waals surface area contributed by atoms with Gasteiger partial charge >= 0.3 is 0 Å². The Balaban J connectivity index is 1.47. The maximum absolute atomic E-state index is 12.5. The highest BCUT2D eigenvalue weighted by atomic mass is 35.5. The molecule has 0 fully saturated rings. The lowest BCUT2D eigenvalue weighted by Gasteiger charge is -2.09. The van der Waals surface area contributed by atoms with Gasteiger partial charge in [-0.1, -0.05) is 35.9 Å². The van der Waals surface area contributed by atoms with E-state index in [0.717, 1.165) is 21.9 Å². The van der Waals surface area contributed by atoms with Crippen LogP contribution in [-0.2, 0) is 11.2 Å². The molecule has 2 aromatic carbocycles. The zero-order chi connectivity index (χ0) is 18.8. The van der Waals surface area contributed by atoms with E-state index in [1.807, 2.05) is 30.3 Å². The van der Waals surface area contributed by atoms with Gasteiger partial charge in [0.2, 0.25) is 5.91 Å². The van der Waals surface area contributed by atoms with Gasteiger partial charge in [0.15, 0.2) is 0 Å². The van der Waals surface area contributed by atoms with Crippen molar-refractivity contribution in [3.63, 3.8) is 0 Å². The van der Waals surface area contributed by atoms with Gasteiger partial charge in [-0.25, -0.2) is 0 Å². The number of para-hydroxylation sites is 1. The molecule has 6 nitrogen and oxygen atoms in total. The molecule has 7 heteroatoms. The lowest BCUT2D eigenvalue weighted by Crippen LogP contribution is -2.42. The number of aromatic amines is 1. The zero-order valence-electron chi connectivity index (χ0n) is 14.1. The normalized spacial score (nSPS) is 10.9. The Kier molecular flexibility index (Phi) is 4.48. The summed E-state index contributed by atoms with van der Waals surface area (Å²) >= 11 is 6.08. The lowest BCUT2D eigenvalue weighted by atomic mass is 10.1. The van der Waals surface area contributed by atoms with E-state index in [1.165, 1.54) is 6.07 Å². The quantitative estimate of drug-likeness (QED) is 0.478. The molecule has 0 aliphatic rings. The van der Waals surface area contributed by atoms with Crippen molar-refractivity contribution in [2.45, 2.75) is 6.42 Å². The number of benzene rings is 2. The van der Waals surface area contributed by atoms with Gasteiger partial charge < -0.3 is 4.98 Å². The van der Waals surface area contributed by atoms with E-state index < -0.39 is 5.91 Å². The van der Waals surface area contributed by atoms with Crippen molar-refractivity contribution in [1.82, 2.24) is 20.8 Å². The fourth-order valence-electron chi connectivity index (χ4n) is 3.02. The number of pyridine rings is 1. The summed E-state index contributed by atoms with van der Waals surface area (Å²) in [7, 11) is 0. The van der Waals surface area contributed by atoms with E-state index >= 15 is 0 Å². The van der Waals surface area contributed by atoms with Crippen LogP contribution in [0.5, 0.6) is 0 Å². The van der Waals surface area contributed by atoms with Crippen molar-refractivity contribution in [2.24, 2.45) is 0 Å². The standard InChI is InChI=1S/C20H15ClN4O2/c21-14-8-12-4-3-7-22-19(12)16(10-14)20(27)25-24-18(26)9-13-11-23-17-6-2-1-5-15(13)17/h1-8,10-11,23H,9H2,(H,24,26)(H,25,27). The zero-order valence-corrected chi connectivity index (χ0v) is 14.9. The fraction of sp³-hybridized carbons (Fsp3) is 0.0500. The summed E-state index contributed by atoms with van der Waals surface area (Å²) in [5, 5.41) is 2.15. The molecule has 0 saturated heterocycles. The summed E-state index contributed by atoms with van der Waals surface area (Å²) in [6.07, 6.45) is 3.53. The van der Waals surface area contributed by atoms with E-state index in [0.29, 0.717) is 16.1 Å². The number of H-pyrrole nitrogens is 1. The van der Waals surface area contributed by atoms with Gasteiger partial charge in [0.25, 0.3) is 5.91 Å². The molecule has 0 aliphatic heterocycles. The summed E-state index contributed by atoms with van der Waals surface area (Å²) in [5.41, 5.74) is 7.50. The minimum absolute atomic E-state index is 0.138. The Morgan fingerprint density at radius 1 is 1.07 bits per heavy atom. The van der Waals surface area contributed by atoms with Crippen molar-refractivity contribution < 1.29 is 9.59 Å². The monoisotopic (exact) mass is 378 g/mol. The van der Waals surface area contributed by atoms with Crippen molar-refractivity contribution in [3.8, 4) is 0 Å². The number of aromatic nitrogens is 2. The van der Waals surface area contributed by atoms with E-state index in [1.54, 1.807) is 24.5 Å². The molecule has 0 aliphatic carbocycles. The molecule has 0 spiro atoms.